The van der Waals surface area contributed by atoms with Crippen LogP contribution < -0.4 is 5.32 Å². The molecule has 1 atom stereocenters. The Labute approximate surface area is 141 Å². The number of hydrogen-bond donors (Lipinski definition) is 1. The highest BCUT2D eigenvalue weighted by molar-refractivity contribution is 5.95. The van der Waals surface area contributed by atoms with Crippen molar-refractivity contribution in [3.8, 4) is 6.07 Å². The molecule has 2 rings (SSSR count). The maximum Gasteiger partial charge on any atom is 0.417 e. The Morgan fingerprint density at radius 3 is 2.76 bits per heavy atom. The number of anilines is 1. The van der Waals surface area contributed by atoms with Gasteiger partial charge in [-0.3, -0.25) is 9.59 Å². The molecule has 1 aliphatic rings. The number of carbonyl (C=O) groups is 2. The summed E-state index contributed by atoms with van der Waals surface area (Å²) in [5.41, 5.74) is -1.80. The van der Waals surface area contributed by atoms with E-state index >= 15 is 0 Å². The molecule has 9 heteroatoms. The molecule has 0 bridgehead atoms. The first kappa shape index (κ1) is 18.5. The maximum atomic E-state index is 12.9. The standard InChI is InChI=1S/C16H14F3N3O3/c1-2-14(23)22-5-6-25-13(9-22)15(24)21-11-4-3-10(8-20)12(7-11)16(17,18)19/h2-4,7,13H,1,5-6,9H2,(H,21,24). The molecule has 0 spiro atoms. The van der Waals surface area contributed by atoms with Crippen LogP contribution in [0.1, 0.15) is 11.1 Å². The first-order chi connectivity index (χ1) is 11.8. The number of alkyl halides is 3. The average Bonchev–Trinajstić information content (AvgIpc) is 2.60. The Bertz CT molecular complexity index is 740. The van der Waals surface area contributed by atoms with Gasteiger partial charge < -0.3 is 15.0 Å². The number of nitrogens with one attached hydrogen (secondary N) is 1. The number of amides is 2. The van der Waals surface area contributed by atoms with E-state index in [1.807, 2.05) is 0 Å². The van der Waals surface area contributed by atoms with E-state index in [0.29, 0.717) is 12.6 Å². The summed E-state index contributed by atoms with van der Waals surface area (Å²) >= 11 is 0. The molecule has 1 fully saturated rings. The normalized spacial score (nSPS) is 17.5. The highest BCUT2D eigenvalue weighted by Crippen LogP contribution is 2.33. The van der Waals surface area contributed by atoms with Crippen LogP contribution in [0.3, 0.4) is 0 Å². The molecule has 1 N–H and O–H groups in total. The van der Waals surface area contributed by atoms with Crippen LogP contribution in [0.15, 0.2) is 30.9 Å². The minimum absolute atomic E-state index is 0.0287. The van der Waals surface area contributed by atoms with Gasteiger partial charge in [-0.2, -0.15) is 18.4 Å². The van der Waals surface area contributed by atoms with Gasteiger partial charge >= 0.3 is 6.18 Å². The molecule has 1 saturated heterocycles. The Morgan fingerprint density at radius 2 is 2.16 bits per heavy atom. The summed E-state index contributed by atoms with van der Waals surface area (Å²) in [6, 6.07) is 4.32. The van der Waals surface area contributed by atoms with Crippen molar-refractivity contribution in [2.24, 2.45) is 0 Å². The fraction of sp³-hybridized carbons (Fsp3) is 0.312. The zero-order valence-electron chi connectivity index (χ0n) is 13.0. The molecule has 1 heterocycles. The molecular formula is C16H14F3N3O3. The number of hydrogen-bond acceptors (Lipinski definition) is 4. The van der Waals surface area contributed by atoms with Crippen molar-refractivity contribution >= 4 is 17.5 Å². The Hall–Kier alpha value is -2.86. The highest BCUT2D eigenvalue weighted by atomic mass is 19.4. The van der Waals surface area contributed by atoms with Crippen LogP contribution in [0.2, 0.25) is 0 Å². The lowest BCUT2D eigenvalue weighted by atomic mass is 10.1. The van der Waals surface area contributed by atoms with Crippen LogP contribution in [-0.2, 0) is 20.5 Å². The quantitative estimate of drug-likeness (QED) is 0.842. The smallest absolute Gasteiger partial charge is 0.365 e. The van der Waals surface area contributed by atoms with Gasteiger partial charge in [-0.25, -0.2) is 0 Å². The number of benzene rings is 1. The van der Waals surface area contributed by atoms with Gasteiger partial charge in [0.15, 0.2) is 6.10 Å². The van der Waals surface area contributed by atoms with Crippen molar-refractivity contribution in [1.82, 2.24) is 4.90 Å². The summed E-state index contributed by atoms with van der Waals surface area (Å²) in [6.45, 7) is 3.75. The fourth-order valence-electron chi connectivity index (χ4n) is 2.31. The molecule has 6 nitrogen and oxygen atoms in total. The lowest BCUT2D eigenvalue weighted by molar-refractivity contribution is -0.141. The van der Waals surface area contributed by atoms with Crippen LogP contribution >= 0.6 is 0 Å². The molecule has 0 saturated carbocycles. The molecule has 1 aliphatic heterocycles. The summed E-state index contributed by atoms with van der Waals surface area (Å²) in [5.74, 6) is -1.04. The number of nitrogens with zero attached hydrogens (tertiary/aromatic N) is 2. The first-order valence-electron chi connectivity index (χ1n) is 7.21. The number of halogens is 3. The molecule has 1 aromatic carbocycles. The fourth-order valence-corrected chi connectivity index (χ4v) is 2.31. The summed E-state index contributed by atoms with van der Waals surface area (Å²) < 4.78 is 44.1. The van der Waals surface area contributed by atoms with E-state index in [1.54, 1.807) is 0 Å². The van der Waals surface area contributed by atoms with E-state index in [-0.39, 0.29) is 24.7 Å². The van der Waals surface area contributed by atoms with Gasteiger partial charge in [-0.15, -0.1) is 0 Å². The van der Waals surface area contributed by atoms with Crippen molar-refractivity contribution in [3.63, 3.8) is 0 Å². The Balaban J connectivity index is 2.14. The van der Waals surface area contributed by atoms with Crippen LogP contribution in [0, 0.1) is 11.3 Å². The van der Waals surface area contributed by atoms with Gasteiger partial charge in [-0.1, -0.05) is 6.58 Å². The van der Waals surface area contributed by atoms with Gasteiger partial charge in [-0.05, 0) is 24.3 Å². The van der Waals surface area contributed by atoms with Gasteiger partial charge in [0.1, 0.15) is 0 Å². The highest BCUT2D eigenvalue weighted by Gasteiger charge is 2.34. The summed E-state index contributed by atoms with van der Waals surface area (Å²) in [5, 5.41) is 11.1. The van der Waals surface area contributed by atoms with E-state index < -0.39 is 29.3 Å². The third kappa shape index (κ3) is 4.36. The maximum absolute atomic E-state index is 12.9. The van der Waals surface area contributed by atoms with Crippen molar-refractivity contribution in [1.29, 1.82) is 5.26 Å². The predicted octanol–water partition coefficient (Wildman–Crippen LogP) is 1.93. The monoisotopic (exact) mass is 353 g/mol. The molecule has 1 unspecified atom stereocenters. The topological polar surface area (TPSA) is 82.4 Å². The third-order valence-corrected chi connectivity index (χ3v) is 3.56. The average molecular weight is 353 g/mol. The molecule has 2 amide bonds. The van der Waals surface area contributed by atoms with E-state index in [9.17, 15) is 22.8 Å². The minimum Gasteiger partial charge on any atom is -0.365 e. The van der Waals surface area contributed by atoms with E-state index in [0.717, 1.165) is 12.1 Å². The molecule has 25 heavy (non-hydrogen) atoms. The lowest BCUT2D eigenvalue weighted by Crippen LogP contribution is -2.49. The van der Waals surface area contributed by atoms with Gasteiger partial charge in [0.25, 0.3) is 5.91 Å². The number of morpholine rings is 1. The number of carbonyl (C=O) groups excluding carboxylic acids is 2. The summed E-state index contributed by atoms with van der Waals surface area (Å²) in [6.07, 6.45) is -4.63. The van der Waals surface area contributed by atoms with E-state index in [2.05, 4.69) is 11.9 Å². The molecular weight excluding hydrogens is 339 g/mol. The Kier molecular flexibility index (Phi) is 5.44. The zero-order chi connectivity index (χ0) is 18.6. The second-order valence-corrected chi connectivity index (χ2v) is 5.21. The third-order valence-electron chi connectivity index (χ3n) is 3.56. The van der Waals surface area contributed by atoms with E-state index in [4.69, 9.17) is 10.00 Å². The number of nitriles is 1. The van der Waals surface area contributed by atoms with Crippen molar-refractivity contribution in [3.05, 3.63) is 42.0 Å². The summed E-state index contributed by atoms with van der Waals surface area (Å²) in [4.78, 5) is 25.1. The van der Waals surface area contributed by atoms with Crippen LogP contribution in [0.5, 0.6) is 0 Å². The zero-order valence-corrected chi connectivity index (χ0v) is 13.0. The molecule has 132 valence electrons. The van der Waals surface area contributed by atoms with Crippen molar-refractivity contribution < 1.29 is 27.5 Å². The second kappa shape index (κ2) is 7.36. The first-order valence-corrected chi connectivity index (χ1v) is 7.21. The molecule has 0 aromatic heterocycles. The lowest BCUT2D eigenvalue weighted by Gasteiger charge is -2.31. The SMILES string of the molecule is C=CC(=O)N1CCOC(C(=O)Nc2ccc(C#N)c(C(F)(F)F)c2)C1. The van der Waals surface area contributed by atoms with Crippen LogP contribution in [0.4, 0.5) is 18.9 Å². The second-order valence-electron chi connectivity index (χ2n) is 5.21. The van der Waals surface area contributed by atoms with Gasteiger partial charge in [0, 0.05) is 12.2 Å². The number of ether oxygens (including phenoxy) is 1. The largest absolute Gasteiger partial charge is 0.417 e. The van der Waals surface area contributed by atoms with Crippen molar-refractivity contribution in [2.75, 3.05) is 25.0 Å². The Morgan fingerprint density at radius 1 is 1.44 bits per heavy atom. The van der Waals surface area contributed by atoms with E-state index in [1.165, 1.54) is 17.0 Å². The van der Waals surface area contributed by atoms with Crippen LogP contribution in [-0.4, -0.2) is 42.5 Å². The predicted molar refractivity (Wildman–Crippen MR) is 81.3 cm³/mol. The van der Waals surface area contributed by atoms with Gasteiger partial charge in [0.05, 0.1) is 30.3 Å². The minimum atomic E-state index is -4.72. The van der Waals surface area contributed by atoms with Crippen molar-refractivity contribution in [2.45, 2.75) is 12.3 Å². The molecule has 1 aromatic rings. The summed E-state index contributed by atoms with van der Waals surface area (Å²) in [7, 11) is 0. The molecule has 0 aliphatic carbocycles. The number of rotatable bonds is 3. The molecule has 0 radical (unpaired) electrons. The van der Waals surface area contributed by atoms with Gasteiger partial charge in [0.2, 0.25) is 5.91 Å². The van der Waals surface area contributed by atoms with Crippen LogP contribution in [0.25, 0.3) is 0 Å².